The smallest absolute Gasteiger partial charge is 0.252 e. The Hall–Kier alpha value is -2.04. The topological polar surface area (TPSA) is 79.2 Å². The van der Waals surface area contributed by atoms with Gasteiger partial charge in [-0.3, -0.25) is 10.1 Å². The molecule has 3 rings (SSSR count). The molecular weight excluding hydrogens is 220 g/mol. The number of aryl methyl sites for hydroxylation is 1. The van der Waals surface area contributed by atoms with Crippen molar-refractivity contribution in [3.8, 4) is 5.75 Å². The number of hydrogen-bond donors (Lipinski definition) is 2. The Bertz CT molecular complexity index is 603. The van der Waals surface area contributed by atoms with Crippen LogP contribution in [0, 0.1) is 10.1 Å². The lowest BCUT2D eigenvalue weighted by atomic mass is 9.92. The molecule has 1 heterocycles. The number of para-hydroxylation sites is 1. The first-order valence-electron chi connectivity index (χ1n) is 5.64. The highest BCUT2D eigenvalue weighted by atomic mass is 16.6. The number of fused-ring (bicyclic) bond motifs is 3. The Balaban J connectivity index is 2.28. The molecule has 88 valence electrons. The normalized spacial score (nSPS) is 19.2. The van der Waals surface area contributed by atoms with E-state index in [1.54, 1.807) is 12.1 Å². The van der Waals surface area contributed by atoms with Crippen molar-refractivity contribution in [2.75, 3.05) is 0 Å². The van der Waals surface area contributed by atoms with Crippen LogP contribution in [0.5, 0.6) is 5.75 Å². The van der Waals surface area contributed by atoms with Crippen LogP contribution < -0.4 is 0 Å². The molecule has 1 aliphatic carbocycles. The Kier molecular flexibility index (Phi) is 2.07. The predicted molar refractivity (Wildman–Crippen MR) is 62.6 cm³/mol. The summed E-state index contributed by atoms with van der Waals surface area (Å²) in [6.07, 6.45) is 2.22. The first kappa shape index (κ1) is 10.1. The van der Waals surface area contributed by atoms with Gasteiger partial charge in [-0.2, -0.15) is 0 Å². The van der Waals surface area contributed by atoms with Crippen LogP contribution in [0.25, 0.3) is 10.9 Å². The molecule has 1 unspecified atom stereocenters. The number of nitrogens with zero attached hydrogens (tertiary/aromatic N) is 1. The first-order valence-corrected chi connectivity index (χ1v) is 5.64. The number of aromatic amines is 1. The second-order valence-electron chi connectivity index (χ2n) is 4.41. The molecule has 0 aliphatic heterocycles. The summed E-state index contributed by atoms with van der Waals surface area (Å²) in [4.78, 5) is 13.8. The van der Waals surface area contributed by atoms with Gasteiger partial charge in [-0.05, 0) is 24.5 Å². The van der Waals surface area contributed by atoms with E-state index in [1.807, 2.05) is 6.07 Å². The summed E-state index contributed by atoms with van der Waals surface area (Å²) in [6.45, 7) is 0. The van der Waals surface area contributed by atoms with Crippen LogP contribution in [-0.2, 0) is 6.42 Å². The van der Waals surface area contributed by atoms with Crippen LogP contribution in [0.3, 0.4) is 0 Å². The standard InChI is InChI=1S/C12H12N2O3/c15-10-6-2-4-8-7-3-1-5-9(14(16)17)11(7)13-12(8)10/h2,4,6,9,13,15H,1,3,5H2. The van der Waals surface area contributed by atoms with Gasteiger partial charge in [0, 0.05) is 16.7 Å². The Morgan fingerprint density at radius 3 is 3.06 bits per heavy atom. The third-order valence-electron chi connectivity index (χ3n) is 3.44. The van der Waals surface area contributed by atoms with Crippen LogP contribution >= 0.6 is 0 Å². The zero-order chi connectivity index (χ0) is 12.0. The number of nitrogens with one attached hydrogen (secondary N) is 1. The second kappa shape index (κ2) is 3.48. The van der Waals surface area contributed by atoms with E-state index in [2.05, 4.69) is 4.98 Å². The fourth-order valence-electron chi connectivity index (χ4n) is 2.66. The molecule has 2 aromatic rings. The van der Waals surface area contributed by atoms with Crippen LogP contribution in [0.2, 0.25) is 0 Å². The fourth-order valence-corrected chi connectivity index (χ4v) is 2.66. The number of rotatable bonds is 1. The number of H-pyrrole nitrogens is 1. The summed E-state index contributed by atoms with van der Waals surface area (Å²) >= 11 is 0. The quantitative estimate of drug-likeness (QED) is 0.585. The zero-order valence-electron chi connectivity index (χ0n) is 9.14. The van der Waals surface area contributed by atoms with Gasteiger partial charge >= 0.3 is 0 Å². The molecule has 0 spiro atoms. The summed E-state index contributed by atoms with van der Waals surface area (Å²) in [7, 11) is 0. The minimum absolute atomic E-state index is 0.152. The number of hydrogen-bond acceptors (Lipinski definition) is 3. The zero-order valence-corrected chi connectivity index (χ0v) is 9.14. The molecule has 1 aliphatic rings. The summed E-state index contributed by atoms with van der Waals surface area (Å²) < 4.78 is 0. The molecule has 0 saturated carbocycles. The number of aromatic nitrogens is 1. The lowest BCUT2D eigenvalue weighted by Gasteiger charge is -2.15. The summed E-state index contributed by atoms with van der Waals surface area (Å²) in [6, 6.07) is 4.59. The van der Waals surface area contributed by atoms with Crippen LogP contribution in [0.4, 0.5) is 0 Å². The van der Waals surface area contributed by atoms with E-state index in [-0.39, 0.29) is 10.7 Å². The highest BCUT2D eigenvalue weighted by molar-refractivity contribution is 5.89. The van der Waals surface area contributed by atoms with Crippen molar-refractivity contribution < 1.29 is 10.0 Å². The van der Waals surface area contributed by atoms with Gasteiger partial charge in [0.25, 0.3) is 6.04 Å². The second-order valence-corrected chi connectivity index (χ2v) is 4.41. The molecule has 0 bridgehead atoms. The molecule has 2 N–H and O–H groups in total. The monoisotopic (exact) mass is 232 g/mol. The van der Waals surface area contributed by atoms with Gasteiger partial charge in [-0.1, -0.05) is 12.1 Å². The fraction of sp³-hybridized carbons (Fsp3) is 0.333. The van der Waals surface area contributed by atoms with Crippen LogP contribution in [0.15, 0.2) is 18.2 Å². The Morgan fingerprint density at radius 1 is 1.47 bits per heavy atom. The molecule has 0 saturated heterocycles. The minimum Gasteiger partial charge on any atom is -0.506 e. The van der Waals surface area contributed by atoms with Crippen LogP contribution in [-0.4, -0.2) is 15.0 Å². The maximum Gasteiger partial charge on any atom is 0.252 e. The van der Waals surface area contributed by atoms with Crippen molar-refractivity contribution >= 4 is 10.9 Å². The third kappa shape index (κ3) is 1.39. The van der Waals surface area contributed by atoms with Gasteiger partial charge in [-0.15, -0.1) is 0 Å². The van der Waals surface area contributed by atoms with Gasteiger partial charge in [0.1, 0.15) is 5.75 Å². The number of benzene rings is 1. The van der Waals surface area contributed by atoms with E-state index in [0.29, 0.717) is 17.6 Å². The Morgan fingerprint density at radius 2 is 2.29 bits per heavy atom. The molecule has 0 amide bonds. The lowest BCUT2D eigenvalue weighted by Crippen LogP contribution is -2.16. The third-order valence-corrected chi connectivity index (χ3v) is 3.44. The highest BCUT2D eigenvalue weighted by Crippen LogP contribution is 2.38. The van der Waals surface area contributed by atoms with E-state index in [1.165, 1.54) is 0 Å². The number of aromatic hydroxyl groups is 1. The van der Waals surface area contributed by atoms with Crippen molar-refractivity contribution in [3.63, 3.8) is 0 Å². The number of phenolic OH excluding ortho intramolecular Hbond substituents is 1. The number of nitro groups is 1. The summed E-state index contributed by atoms with van der Waals surface area (Å²) in [5.74, 6) is 0.152. The predicted octanol–water partition coefficient (Wildman–Crippen LogP) is 2.53. The van der Waals surface area contributed by atoms with Gasteiger partial charge < -0.3 is 10.1 Å². The summed E-state index contributed by atoms with van der Waals surface area (Å²) in [5, 5.41) is 21.7. The molecular formula is C12H12N2O3. The van der Waals surface area contributed by atoms with E-state index >= 15 is 0 Å². The van der Waals surface area contributed by atoms with Gasteiger partial charge in [0.2, 0.25) is 0 Å². The summed E-state index contributed by atoms with van der Waals surface area (Å²) in [5.41, 5.74) is 2.27. The van der Waals surface area contributed by atoms with Crippen molar-refractivity contribution in [3.05, 3.63) is 39.6 Å². The maximum atomic E-state index is 11.0. The minimum atomic E-state index is -0.662. The molecule has 1 aromatic carbocycles. The van der Waals surface area contributed by atoms with E-state index in [4.69, 9.17) is 0 Å². The van der Waals surface area contributed by atoms with Crippen molar-refractivity contribution in [2.45, 2.75) is 25.3 Å². The van der Waals surface area contributed by atoms with E-state index < -0.39 is 6.04 Å². The average molecular weight is 232 g/mol. The average Bonchev–Trinajstić information content (AvgIpc) is 2.69. The molecule has 5 heteroatoms. The highest BCUT2D eigenvalue weighted by Gasteiger charge is 2.32. The lowest BCUT2D eigenvalue weighted by molar-refractivity contribution is -0.531. The van der Waals surface area contributed by atoms with Gasteiger partial charge in [0.05, 0.1) is 11.2 Å². The van der Waals surface area contributed by atoms with Crippen molar-refractivity contribution in [1.82, 2.24) is 4.98 Å². The first-order chi connectivity index (χ1) is 8.18. The maximum absolute atomic E-state index is 11.0. The SMILES string of the molecule is O=[N+]([O-])C1CCCc2c1[nH]c1c(O)cccc21. The Labute approximate surface area is 97.2 Å². The van der Waals surface area contributed by atoms with Gasteiger partial charge in [-0.25, -0.2) is 0 Å². The molecule has 0 fully saturated rings. The number of phenols is 1. The molecule has 1 atom stereocenters. The van der Waals surface area contributed by atoms with E-state index in [9.17, 15) is 15.2 Å². The molecule has 5 nitrogen and oxygen atoms in total. The molecule has 1 aromatic heterocycles. The van der Waals surface area contributed by atoms with Crippen LogP contribution in [0.1, 0.15) is 30.1 Å². The molecule has 17 heavy (non-hydrogen) atoms. The van der Waals surface area contributed by atoms with Crippen molar-refractivity contribution in [2.24, 2.45) is 0 Å². The molecule has 0 radical (unpaired) electrons. The van der Waals surface area contributed by atoms with Gasteiger partial charge in [0.15, 0.2) is 0 Å². The van der Waals surface area contributed by atoms with Crippen molar-refractivity contribution in [1.29, 1.82) is 0 Å². The van der Waals surface area contributed by atoms with E-state index in [0.717, 1.165) is 23.8 Å². The largest absolute Gasteiger partial charge is 0.506 e.